The third-order valence-corrected chi connectivity index (χ3v) is 2.07. The number of nitro groups is 1. The van der Waals surface area contributed by atoms with Crippen molar-refractivity contribution in [3.63, 3.8) is 0 Å². The van der Waals surface area contributed by atoms with Gasteiger partial charge in [-0.25, -0.2) is 8.78 Å². The smallest absolute Gasteiger partial charge is 0.481 e. The SMILES string of the molecule is O=C(O)Cc1c(C(F)F)cc([N+](=O)[O-])nc1OC(F)(F)F. The van der Waals surface area contributed by atoms with Crippen LogP contribution in [-0.2, 0) is 11.2 Å². The first-order valence-electron chi connectivity index (χ1n) is 4.95. The molecule has 0 aliphatic carbocycles. The van der Waals surface area contributed by atoms with Gasteiger partial charge in [-0.2, -0.15) is 0 Å². The van der Waals surface area contributed by atoms with Gasteiger partial charge in [-0.05, 0) is 4.92 Å². The summed E-state index contributed by atoms with van der Waals surface area (Å²) in [5.74, 6) is -4.65. The number of pyridine rings is 1. The van der Waals surface area contributed by atoms with Crippen LogP contribution in [0, 0.1) is 10.1 Å². The van der Waals surface area contributed by atoms with E-state index in [1.807, 2.05) is 0 Å². The predicted octanol–water partition coefficient (Wildman–Crippen LogP) is 2.45. The summed E-state index contributed by atoms with van der Waals surface area (Å²) < 4.78 is 65.3. The average molecular weight is 316 g/mol. The maximum atomic E-state index is 12.8. The Bertz CT molecular complexity index is 574. The summed E-state index contributed by atoms with van der Waals surface area (Å²) in [6.07, 6.45) is -10.1. The fraction of sp³-hybridized carbons (Fsp3) is 0.333. The van der Waals surface area contributed by atoms with Crippen molar-refractivity contribution < 1.29 is 41.5 Å². The number of hydrogen-bond donors (Lipinski definition) is 1. The largest absolute Gasteiger partial charge is 0.575 e. The average Bonchev–Trinajstić information content (AvgIpc) is 2.27. The van der Waals surface area contributed by atoms with Gasteiger partial charge in [-0.3, -0.25) is 4.79 Å². The number of carboxylic acid groups (broad SMARTS) is 1. The molecule has 1 rings (SSSR count). The highest BCUT2D eigenvalue weighted by Crippen LogP contribution is 2.34. The third kappa shape index (κ3) is 4.50. The first kappa shape index (κ1) is 16.5. The summed E-state index contributed by atoms with van der Waals surface area (Å²) in [4.78, 5) is 22.5. The fourth-order valence-electron chi connectivity index (χ4n) is 1.36. The topological polar surface area (TPSA) is 103 Å². The van der Waals surface area contributed by atoms with E-state index in [2.05, 4.69) is 9.72 Å². The number of rotatable bonds is 5. The van der Waals surface area contributed by atoms with E-state index in [1.54, 1.807) is 0 Å². The van der Waals surface area contributed by atoms with Crippen LogP contribution in [0.15, 0.2) is 6.07 Å². The van der Waals surface area contributed by atoms with Crippen LogP contribution in [0.3, 0.4) is 0 Å². The third-order valence-electron chi connectivity index (χ3n) is 2.07. The highest BCUT2D eigenvalue weighted by Gasteiger charge is 2.38. The first-order chi connectivity index (χ1) is 9.51. The molecule has 1 heterocycles. The molecular weight excluding hydrogens is 311 g/mol. The molecule has 7 nitrogen and oxygen atoms in total. The molecule has 1 aromatic rings. The van der Waals surface area contributed by atoms with E-state index in [4.69, 9.17) is 5.11 Å². The van der Waals surface area contributed by atoms with Crippen molar-refractivity contribution in [3.05, 3.63) is 27.3 Å². The van der Waals surface area contributed by atoms with Gasteiger partial charge in [0.15, 0.2) is 0 Å². The van der Waals surface area contributed by atoms with Gasteiger partial charge in [-0.1, -0.05) is 0 Å². The van der Waals surface area contributed by atoms with Crippen molar-refractivity contribution in [1.82, 2.24) is 4.98 Å². The molecule has 0 aliphatic heterocycles. The maximum absolute atomic E-state index is 12.8. The number of nitrogens with zero attached hydrogens (tertiary/aromatic N) is 2. The molecule has 0 saturated heterocycles. The van der Waals surface area contributed by atoms with Crippen LogP contribution in [0.4, 0.5) is 27.8 Å². The zero-order valence-corrected chi connectivity index (χ0v) is 9.73. The van der Waals surface area contributed by atoms with Crippen molar-refractivity contribution in [2.45, 2.75) is 19.2 Å². The fourth-order valence-corrected chi connectivity index (χ4v) is 1.36. The number of ether oxygens (including phenoxy) is 1. The minimum Gasteiger partial charge on any atom is -0.481 e. The highest BCUT2D eigenvalue weighted by molar-refractivity contribution is 5.72. The lowest BCUT2D eigenvalue weighted by Crippen LogP contribution is -2.21. The van der Waals surface area contributed by atoms with E-state index < -0.39 is 52.9 Å². The van der Waals surface area contributed by atoms with Gasteiger partial charge in [0, 0.05) is 16.6 Å². The Balaban J connectivity index is 3.53. The van der Waals surface area contributed by atoms with Crippen LogP contribution in [0.1, 0.15) is 17.6 Å². The van der Waals surface area contributed by atoms with Crippen molar-refractivity contribution in [2.24, 2.45) is 0 Å². The molecular formula is C9H5F5N2O5. The van der Waals surface area contributed by atoms with Gasteiger partial charge in [0.05, 0.1) is 12.0 Å². The van der Waals surface area contributed by atoms with E-state index in [9.17, 15) is 36.9 Å². The molecule has 0 spiro atoms. The first-order valence-corrected chi connectivity index (χ1v) is 4.95. The molecule has 21 heavy (non-hydrogen) atoms. The zero-order valence-electron chi connectivity index (χ0n) is 9.73. The molecule has 0 aromatic carbocycles. The Morgan fingerprint density at radius 3 is 2.43 bits per heavy atom. The second-order valence-electron chi connectivity index (χ2n) is 3.53. The second-order valence-corrected chi connectivity index (χ2v) is 3.53. The standard InChI is InChI=1S/C9H5F5N2O5/c10-7(11)3-1-5(16(19)20)15-8(21-9(12,13)14)4(3)2-6(17)18/h1,7H,2H2,(H,17,18). The second kappa shape index (κ2) is 5.85. The molecule has 12 heteroatoms. The molecule has 0 aliphatic rings. The van der Waals surface area contributed by atoms with Gasteiger partial charge in [0.2, 0.25) is 0 Å². The van der Waals surface area contributed by atoms with Crippen molar-refractivity contribution in [3.8, 4) is 5.88 Å². The molecule has 0 bridgehead atoms. The maximum Gasteiger partial charge on any atom is 0.575 e. The number of hydrogen-bond acceptors (Lipinski definition) is 5. The van der Waals surface area contributed by atoms with Gasteiger partial charge in [-0.15, -0.1) is 13.2 Å². The number of alkyl halides is 5. The Kier molecular flexibility index (Phi) is 4.60. The molecule has 1 aromatic heterocycles. The highest BCUT2D eigenvalue weighted by atomic mass is 19.4. The number of aliphatic carboxylic acids is 1. The van der Waals surface area contributed by atoms with Crippen LogP contribution >= 0.6 is 0 Å². The van der Waals surface area contributed by atoms with Crippen molar-refractivity contribution >= 4 is 11.8 Å². The Hall–Kier alpha value is -2.53. The summed E-state index contributed by atoms with van der Waals surface area (Å²) in [6, 6.07) is 0.201. The summed E-state index contributed by atoms with van der Waals surface area (Å²) >= 11 is 0. The van der Waals surface area contributed by atoms with Crippen LogP contribution in [0.25, 0.3) is 0 Å². The van der Waals surface area contributed by atoms with Crippen molar-refractivity contribution in [2.75, 3.05) is 0 Å². The lowest BCUT2D eigenvalue weighted by atomic mass is 10.1. The number of halogens is 5. The van der Waals surface area contributed by atoms with Crippen LogP contribution in [-0.4, -0.2) is 27.3 Å². The van der Waals surface area contributed by atoms with E-state index in [1.165, 1.54) is 0 Å². The van der Waals surface area contributed by atoms with Gasteiger partial charge in [0.1, 0.15) is 0 Å². The van der Waals surface area contributed by atoms with Crippen molar-refractivity contribution in [1.29, 1.82) is 0 Å². The van der Waals surface area contributed by atoms with Gasteiger partial charge >= 0.3 is 24.0 Å². The van der Waals surface area contributed by atoms with Crippen LogP contribution in [0.5, 0.6) is 5.88 Å². The number of carbonyl (C=O) groups is 1. The lowest BCUT2D eigenvalue weighted by Gasteiger charge is -2.11. The Labute approximate surface area is 112 Å². The molecule has 0 radical (unpaired) electrons. The van der Waals surface area contributed by atoms with Crippen LogP contribution in [0.2, 0.25) is 0 Å². The molecule has 116 valence electrons. The Morgan fingerprint density at radius 1 is 1.48 bits per heavy atom. The number of aromatic nitrogens is 1. The molecule has 0 atom stereocenters. The molecule has 0 amide bonds. The molecule has 0 saturated carbocycles. The number of carboxylic acids is 1. The molecule has 0 unspecified atom stereocenters. The normalized spacial score (nSPS) is 11.5. The van der Waals surface area contributed by atoms with Gasteiger partial charge < -0.3 is 20.0 Å². The summed E-state index contributed by atoms with van der Waals surface area (Å²) in [6.45, 7) is 0. The predicted molar refractivity (Wildman–Crippen MR) is 53.9 cm³/mol. The Morgan fingerprint density at radius 2 is 2.05 bits per heavy atom. The van der Waals surface area contributed by atoms with E-state index in [0.717, 1.165) is 0 Å². The van der Waals surface area contributed by atoms with E-state index in [0.29, 0.717) is 0 Å². The minimum absolute atomic E-state index is 0.201. The summed E-state index contributed by atoms with van der Waals surface area (Å²) in [5.41, 5.74) is -2.35. The van der Waals surface area contributed by atoms with E-state index in [-0.39, 0.29) is 6.07 Å². The van der Waals surface area contributed by atoms with E-state index >= 15 is 0 Å². The summed E-state index contributed by atoms with van der Waals surface area (Å²) in [5, 5.41) is 19.0. The summed E-state index contributed by atoms with van der Waals surface area (Å²) in [7, 11) is 0. The van der Waals surface area contributed by atoms with Gasteiger partial charge in [0.25, 0.3) is 6.43 Å². The monoisotopic (exact) mass is 316 g/mol. The molecule has 0 fully saturated rings. The quantitative estimate of drug-likeness (QED) is 0.508. The lowest BCUT2D eigenvalue weighted by molar-refractivity contribution is -0.390. The molecule has 1 N–H and O–H groups in total. The van der Waals surface area contributed by atoms with Crippen LogP contribution < -0.4 is 4.74 Å². The zero-order chi connectivity index (χ0) is 16.4. The minimum atomic E-state index is -5.38.